The average molecular weight is 513 g/mol. The summed E-state index contributed by atoms with van der Waals surface area (Å²) in [6.45, 7) is 0.104. The van der Waals surface area contributed by atoms with E-state index in [4.69, 9.17) is 0 Å². The van der Waals surface area contributed by atoms with Gasteiger partial charge in [-0.2, -0.15) is 17.5 Å². The topological polar surface area (TPSA) is 66.5 Å². The predicted molar refractivity (Wildman–Crippen MR) is 132 cm³/mol. The minimum Gasteiger partial charge on any atom is -0.348 e. The van der Waals surface area contributed by atoms with E-state index in [1.165, 1.54) is 23.5 Å². The second-order valence-corrected chi connectivity index (χ2v) is 10.4. The third kappa shape index (κ3) is 5.75. The van der Waals surface area contributed by atoms with Crippen LogP contribution >= 0.6 is 0 Å². The van der Waals surface area contributed by atoms with Crippen LogP contribution in [-0.4, -0.2) is 25.7 Å². The van der Waals surface area contributed by atoms with Crippen LogP contribution in [0.2, 0.25) is 0 Å². The van der Waals surface area contributed by atoms with Gasteiger partial charge in [-0.05, 0) is 58.3 Å². The first kappa shape index (κ1) is 25.4. The molecule has 0 aromatic heterocycles. The molecular formula is C27H23F3N2O3S. The molecule has 0 spiro atoms. The Kier molecular flexibility index (Phi) is 7.14. The van der Waals surface area contributed by atoms with Gasteiger partial charge in [0.25, 0.3) is 5.91 Å². The van der Waals surface area contributed by atoms with Crippen molar-refractivity contribution in [1.29, 1.82) is 0 Å². The highest BCUT2D eigenvalue weighted by Crippen LogP contribution is 2.29. The molecule has 0 fully saturated rings. The fourth-order valence-corrected chi connectivity index (χ4v) is 4.95. The van der Waals surface area contributed by atoms with Gasteiger partial charge in [-0.15, -0.1) is 0 Å². The van der Waals surface area contributed by atoms with Crippen LogP contribution in [0.4, 0.5) is 13.2 Å². The van der Waals surface area contributed by atoms with Crippen LogP contribution in [0.25, 0.3) is 10.8 Å². The number of hydrogen-bond donors (Lipinski definition) is 1. The van der Waals surface area contributed by atoms with Crippen LogP contribution in [0.15, 0.2) is 95.9 Å². The van der Waals surface area contributed by atoms with E-state index in [2.05, 4.69) is 5.32 Å². The molecule has 0 heterocycles. The molecule has 0 aliphatic rings. The van der Waals surface area contributed by atoms with E-state index >= 15 is 0 Å². The number of benzene rings is 4. The third-order valence-electron chi connectivity index (χ3n) is 5.76. The van der Waals surface area contributed by atoms with Crippen LogP contribution in [0.5, 0.6) is 0 Å². The lowest BCUT2D eigenvalue weighted by atomic mass is 10.1. The quantitative estimate of drug-likeness (QED) is 0.350. The van der Waals surface area contributed by atoms with Crippen LogP contribution in [-0.2, 0) is 29.3 Å². The fraction of sp³-hybridized carbons (Fsp3) is 0.148. The molecular weight excluding hydrogens is 489 g/mol. The van der Waals surface area contributed by atoms with E-state index in [0.29, 0.717) is 16.7 Å². The summed E-state index contributed by atoms with van der Waals surface area (Å²) in [6, 6.07) is 23.6. The van der Waals surface area contributed by atoms with E-state index in [1.54, 1.807) is 42.5 Å². The van der Waals surface area contributed by atoms with Crippen molar-refractivity contribution in [2.75, 3.05) is 7.05 Å². The van der Waals surface area contributed by atoms with Crippen molar-refractivity contribution in [3.05, 3.63) is 113 Å². The van der Waals surface area contributed by atoms with Gasteiger partial charge < -0.3 is 5.32 Å². The van der Waals surface area contributed by atoms with Gasteiger partial charge in [-0.1, -0.05) is 54.6 Å². The van der Waals surface area contributed by atoms with Crippen molar-refractivity contribution >= 4 is 26.7 Å². The molecule has 9 heteroatoms. The van der Waals surface area contributed by atoms with Gasteiger partial charge in [0.05, 0.1) is 10.5 Å². The molecule has 0 aliphatic heterocycles. The van der Waals surface area contributed by atoms with Crippen LogP contribution in [0.1, 0.15) is 27.0 Å². The molecule has 186 valence electrons. The zero-order valence-corrected chi connectivity index (χ0v) is 20.1. The lowest BCUT2D eigenvalue weighted by molar-refractivity contribution is -0.137. The van der Waals surface area contributed by atoms with Gasteiger partial charge >= 0.3 is 6.18 Å². The number of fused-ring (bicyclic) bond motifs is 1. The lowest BCUT2D eigenvalue weighted by Crippen LogP contribution is -2.27. The van der Waals surface area contributed by atoms with Gasteiger partial charge in [0.15, 0.2) is 0 Å². The summed E-state index contributed by atoms with van der Waals surface area (Å²) < 4.78 is 65.6. The number of rotatable bonds is 7. The molecule has 0 atom stereocenters. The van der Waals surface area contributed by atoms with Gasteiger partial charge in [0.2, 0.25) is 10.0 Å². The second kappa shape index (κ2) is 10.1. The maximum atomic E-state index is 13.1. The first-order chi connectivity index (χ1) is 17.0. The van der Waals surface area contributed by atoms with Gasteiger partial charge in [0.1, 0.15) is 0 Å². The van der Waals surface area contributed by atoms with E-state index in [-0.39, 0.29) is 18.0 Å². The van der Waals surface area contributed by atoms with Crippen LogP contribution in [0, 0.1) is 0 Å². The number of halogens is 3. The molecule has 0 saturated heterocycles. The summed E-state index contributed by atoms with van der Waals surface area (Å²) >= 11 is 0. The minimum atomic E-state index is -4.42. The molecule has 1 amide bonds. The smallest absolute Gasteiger partial charge is 0.348 e. The summed E-state index contributed by atoms with van der Waals surface area (Å²) in [5, 5.41) is 4.43. The summed E-state index contributed by atoms with van der Waals surface area (Å²) in [5.41, 5.74) is 0.696. The molecule has 1 N–H and O–H groups in total. The Balaban J connectivity index is 1.42. The molecule has 4 rings (SSSR count). The molecule has 0 radical (unpaired) electrons. The molecule has 0 saturated carbocycles. The van der Waals surface area contributed by atoms with Crippen molar-refractivity contribution in [2.24, 2.45) is 0 Å². The lowest BCUT2D eigenvalue weighted by Gasteiger charge is -2.18. The van der Waals surface area contributed by atoms with Crippen molar-refractivity contribution < 1.29 is 26.4 Å². The standard InChI is InChI=1S/C27H23F3N2O3S/c1-32(36(34,35)25-14-11-21-6-2-3-7-22(21)16-25)18-20-5-4-8-23(15-20)26(33)31-17-19-9-12-24(13-10-19)27(28,29)30/h2-16H,17-18H2,1H3,(H,31,33). The average Bonchev–Trinajstić information content (AvgIpc) is 2.86. The number of carbonyl (C=O) groups excluding carboxylic acids is 1. The Morgan fingerprint density at radius 2 is 1.53 bits per heavy atom. The number of amides is 1. The summed E-state index contributed by atoms with van der Waals surface area (Å²) in [5.74, 6) is -0.420. The first-order valence-corrected chi connectivity index (χ1v) is 12.5. The summed E-state index contributed by atoms with van der Waals surface area (Å²) in [7, 11) is -2.30. The predicted octanol–water partition coefficient (Wildman–Crippen LogP) is 5.61. The molecule has 0 aliphatic carbocycles. The molecule has 5 nitrogen and oxygen atoms in total. The maximum absolute atomic E-state index is 13.1. The third-order valence-corrected chi connectivity index (χ3v) is 7.56. The van der Waals surface area contributed by atoms with Crippen molar-refractivity contribution in [3.63, 3.8) is 0 Å². The zero-order chi connectivity index (χ0) is 25.9. The molecule has 4 aromatic rings. The molecule has 4 aromatic carbocycles. The number of hydrogen-bond acceptors (Lipinski definition) is 3. The SMILES string of the molecule is CN(Cc1cccc(C(=O)NCc2ccc(C(F)(F)F)cc2)c1)S(=O)(=O)c1ccc2ccccc2c1. The van der Waals surface area contributed by atoms with Gasteiger partial charge in [-0.25, -0.2) is 8.42 Å². The largest absolute Gasteiger partial charge is 0.416 e. The van der Waals surface area contributed by atoms with Gasteiger partial charge in [0, 0.05) is 25.7 Å². The Morgan fingerprint density at radius 1 is 0.833 bits per heavy atom. The normalized spacial score (nSPS) is 12.1. The Bertz CT molecular complexity index is 1500. The minimum absolute atomic E-state index is 0.0508. The number of nitrogens with one attached hydrogen (secondary N) is 1. The summed E-state index contributed by atoms with van der Waals surface area (Å²) in [4.78, 5) is 12.8. The van der Waals surface area contributed by atoms with E-state index in [9.17, 15) is 26.4 Å². The summed E-state index contributed by atoms with van der Waals surface area (Å²) in [6.07, 6.45) is -4.42. The van der Waals surface area contributed by atoms with Crippen molar-refractivity contribution in [3.8, 4) is 0 Å². The first-order valence-electron chi connectivity index (χ1n) is 11.0. The highest BCUT2D eigenvalue weighted by atomic mass is 32.2. The zero-order valence-electron chi connectivity index (χ0n) is 19.3. The second-order valence-electron chi connectivity index (χ2n) is 8.35. The number of alkyl halides is 3. The number of nitrogens with zero attached hydrogens (tertiary/aromatic N) is 1. The van der Waals surface area contributed by atoms with Crippen LogP contribution in [0.3, 0.4) is 0 Å². The van der Waals surface area contributed by atoms with Crippen LogP contribution < -0.4 is 5.32 Å². The number of sulfonamides is 1. The highest BCUT2D eigenvalue weighted by molar-refractivity contribution is 7.89. The number of carbonyl (C=O) groups is 1. The Hall–Kier alpha value is -3.69. The molecule has 0 bridgehead atoms. The Morgan fingerprint density at radius 3 is 2.22 bits per heavy atom. The molecule has 0 unspecified atom stereocenters. The van der Waals surface area contributed by atoms with Crippen molar-refractivity contribution in [2.45, 2.75) is 24.2 Å². The van der Waals surface area contributed by atoms with E-state index < -0.39 is 27.7 Å². The Labute approximate surface area is 207 Å². The van der Waals surface area contributed by atoms with E-state index in [0.717, 1.165) is 22.9 Å². The fourth-order valence-electron chi connectivity index (χ4n) is 3.76. The monoisotopic (exact) mass is 512 g/mol. The van der Waals surface area contributed by atoms with E-state index in [1.807, 2.05) is 24.3 Å². The van der Waals surface area contributed by atoms with Gasteiger partial charge in [-0.3, -0.25) is 4.79 Å². The molecule has 36 heavy (non-hydrogen) atoms. The maximum Gasteiger partial charge on any atom is 0.416 e. The van der Waals surface area contributed by atoms with Crippen molar-refractivity contribution in [1.82, 2.24) is 9.62 Å². The highest BCUT2D eigenvalue weighted by Gasteiger charge is 2.30.